The van der Waals surface area contributed by atoms with E-state index in [2.05, 4.69) is 49.0 Å². The van der Waals surface area contributed by atoms with Gasteiger partial charge < -0.3 is 24.6 Å². The van der Waals surface area contributed by atoms with Crippen LogP contribution in [0.3, 0.4) is 0 Å². The number of rotatable bonds is 7. The maximum Gasteiger partial charge on any atom is 0.257 e. The van der Waals surface area contributed by atoms with Gasteiger partial charge in [-0.2, -0.15) is 0 Å². The average Bonchev–Trinajstić information content (AvgIpc) is 3.55. The van der Waals surface area contributed by atoms with Crippen LogP contribution in [0.1, 0.15) is 28.8 Å². The van der Waals surface area contributed by atoms with Crippen LogP contribution in [0.5, 0.6) is 0 Å². The average molecular weight is 536 g/mol. The maximum atomic E-state index is 13.2. The normalized spacial score (nSPS) is 15.6. The molecule has 0 atom stereocenters. The standard InChI is InChI=1S/C32H33N5O3/c38-31(33-12-4-13-36-15-17-40-18-16-36)23-9-10-26-25(19-23)28(29(35-26)24-8-2-11-34-32(24)39)27-20-22-6-1-5-21-7-3-14-37(27)30(21)22/h1-2,5-6,8-11,19-20,35H,3-4,7,12-18H2,(H,33,38)(H,34,39). The number of para-hydroxylation sites is 1. The molecule has 0 spiro atoms. The minimum atomic E-state index is -0.149. The van der Waals surface area contributed by atoms with E-state index in [1.54, 1.807) is 6.20 Å². The summed E-state index contributed by atoms with van der Waals surface area (Å²) in [6.45, 7) is 5.95. The van der Waals surface area contributed by atoms with E-state index in [0.29, 0.717) is 17.7 Å². The molecule has 1 saturated heterocycles. The first kappa shape index (κ1) is 24.9. The Labute approximate surface area is 232 Å². The number of carbonyl (C=O) groups excluding carboxylic acids is 1. The Morgan fingerprint density at radius 1 is 1.02 bits per heavy atom. The van der Waals surface area contributed by atoms with Gasteiger partial charge in [-0.1, -0.05) is 18.2 Å². The quantitative estimate of drug-likeness (QED) is 0.267. The van der Waals surface area contributed by atoms with Gasteiger partial charge in [0, 0.05) is 59.8 Å². The molecule has 0 radical (unpaired) electrons. The molecule has 5 heterocycles. The zero-order chi connectivity index (χ0) is 27.1. The number of carbonyl (C=O) groups is 1. The monoisotopic (exact) mass is 535 g/mol. The van der Waals surface area contributed by atoms with Crippen LogP contribution in [0.15, 0.2) is 65.6 Å². The third-order valence-electron chi connectivity index (χ3n) is 8.28. The number of amides is 1. The Kier molecular flexibility index (Phi) is 6.49. The van der Waals surface area contributed by atoms with Crippen LogP contribution in [0.2, 0.25) is 0 Å². The topological polar surface area (TPSA) is 95.2 Å². The lowest BCUT2D eigenvalue weighted by Crippen LogP contribution is -2.38. The summed E-state index contributed by atoms with van der Waals surface area (Å²) in [7, 11) is 0. The van der Waals surface area contributed by atoms with Crippen LogP contribution < -0.4 is 10.9 Å². The molecule has 3 N–H and O–H groups in total. The van der Waals surface area contributed by atoms with Crippen molar-refractivity contribution in [1.82, 2.24) is 24.8 Å². The Balaban J connectivity index is 1.28. The minimum absolute atomic E-state index is 0.0842. The lowest BCUT2D eigenvalue weighted by molar-refractivity contribution is 0.0374. The summed E-state index contributed by atoms with van der Waals surface area (Å²) < 4.78 is 7.81. The molecule has 8 heteroatoms. The molecule has 3 aromatic heterocycles. The van der Waals surface area contributed by atoms with E-state index >= 15 is 0 Å². The zero-order valence-corrected chi connectivity index (χ0v) is 22.5. The number of hydrogen-bond acceptors (Lipinski definition) is 4. The molecule has 1 amide bonds. The van der Waals surface area contributed by atoms with Crippen molar-refractivity contribution in [3.63, 3.8) is 0 Å². The highest BCUT2D eigenvalue weighted by Crippen LogP contribution is 2.42. The van der Waals surface area contributed by atoms with Crippen molar-refractivity contribution in [2.24, 2.45) is 0 Å². The molecule has 40 heavy (non-hydrogen) atoms. The third kappa shape index (κ3) is 4.43. The van der Waals surface area contributed by atoms with Gasteiger partial charge in [0.25, 0.3) is 11.5 Å². The number of aromatic nitrogens is 3. The number of aryl methyl sites for hydroxylation is 2. The van der Waals surface area contributed by atoms with Gasteiger partial charge in [0.1, 0.15) is 0 Å². The van der Waals surface area contributed by atoms with Crippen molar-refractivity contribution in [1.29, 1.82) is 0 Å². The van der Waals surface area contributed by atoms with E-state index in [1.807, 2.05) is 30.3 Å². The van der Waals surface area contributed by atoms with E-state index < -0.39 is 0 Å². The molecular formula is C32H33N5O3. The Bertz CT molecular complexity index is 1770. The molecule has 204 valence electrons. The van der Waals surface area contributed by atoms with Crippen LogP contribution in [0.25, 0.3) is 44.3 Å². The molecule has 0 aliphatic carbocycles. The number of hydrogen-bond donors (Lipinski definition) is 3. The number of benzene rings is 2. The number of morpholine rings is 1. The fourth-order valence-corrected chi connectivity index (χ4v) is 6.32. The van der Waals surface area contributed by atoms with Gasteiger partial charge in [-0.05, 0) is 67.8 Å². The predicted molar refractivity (Wildman–Crippen MR) is 158 cm³/mol. The Morgan fingerprint density at radius 2 is 1.93 bits per heavy atom. The van der Waals surface area contributed by atoms with Gasteiger partial charge in [-0.3, -0.25) is 14.5 Å². The maximum absolute atomic E-state index is 13.2. The van der Waals surface area contributed by atoms with Gasteiger partial charge in [0.15, 0.2) is 0 Å². The first-order chi connectivity index (χ1) is 19.7. The number of aromatic amines is 2. The minimum Gasteiger partial charge on any atom is -0.379 e. The van der Waals surface area contributed by atoms with Crippen molar-refractivity contribution in [2.45, 2.75) is 25.8 Å². The molecule has 2 aromatic carbocycles. The lowest BCUT2D eigenvalue weighted by atomic mass is 10.0. The van der Waals surface area contributed by atoms with Crippen LogP contribution in [0, 0.1) is 0 Å². The van der Waals surface area contributed by atoms with Crippen molar-refractivity contribution >= 4 is 27.7 Å². The van der Waals surface area contributed by atoms with E-state index in [1.165, 1.54) is 16.5 Å². The second kappa shape index (κ2) is 10.4. The van der Waals surface area contributed by atoms with E-state index in [9.17, 15) is 9.59 Å². The summed E-state index contributed by atoms with van der Waals surface area (Å²) in [6.07, 6.45) is 4.68. The largest absolute Gasteiger partial charge is 0.379 e. The predicted octanol–water partition coefficient (Wildman–Crippen LogP) is 4.54. The first-order valence-electron chi connectivity index (χ1n) is 14.2. The SMILES string of the molecule is O=C(NCCCN1CCOCC1)c1ccc2[nH]c(-c3ccc[nH]c3=O)c(-c3cc4cccc5c4n3CCC5)c2c1. The molecule has 0 bridgehead atoms. The van der Waals surface area contributed by atoms with Crippen molar-refractivity contribution < 1.29 is 9.53 Å². The van der Waals surface area contributed by atoms with Crippen LogP contribution in [0.4, 0.5) is 0 Å². The van der Waals surface area contributed by atoms with Gasteiger partial charge in [-0.15, -0.1) is 0 Å². The second-order valence-electron chi connectivity index (χ2n) is 10.8. The zero-order valence-electron chi connectivity index (χ0n) is 22.5. The summed E-state index contributed by atoms with van der Waals surface area (Å²) in [5.41, 5.74) is 7.35. The van der Waals surface area contributed by atoms with Crippen molar-refractivity contribution in [2.75, 3.05) is 39.4 Å². The van der Waals surface area contributed by atoms with Crippen molar-refractivity contribution in [3.05, 3.63) is 82.3 Å². The molecule has 8 nitrogen and oxygen atoms in total. The highest BCUT2D eigenvalue weighted by atomic mass is 16.5. The molecule has 5 aromatic rings. The summed E-state index contributed by atoms with van der Waals surface area (Å²) >= 11 is 0. The molecular weight excluding hydrogens is 502 g/mol. The summed E-state index contributed by atoms with van der Waals surface area (Å²) in [6, 6.07) is 18.2. The van der Waals surface area contributed by atoms with Crippen LogP contribution in [-0.4, -0.2) is 64.7 Å². The number of fused-ring (bicyclic) bond motifs is 1. The third-order valence-corrected chi connectivity index (χ3v) is 8.28. The van der Waals surface area contributed by atoms with Gasteiger partial charge in [-0.25, -0.2) is 0 Å². The number of nitrogens with zero attached hydrogens (tertiary/aromatic N) is 2. The molecule has 0 unspecified atom stereocenters. The molecule has 1 fully saturated rings. The molecule has 0 saturated carbocycles. The van der Waals surface area contributed by atoms with Gasteiger partial charge >= 0.3 is 0 Å². The molecule has 7 rings (SSSR count). The van der Waals surface area contributed by atoms with Crippen LogP contribution >= 0.6 is 0 Å². The number of pyridine rings is 1. The van der Waals surface area contributed by atoms with E-state index in [0.717, 1.165) is 86.5 Å². The highest BCUT2D eigenvalue weighted by Gasteiger charge is 2.24. The number of nitrogens with one attached hydrogen (secondary N) is 3. The number of H-pyrrole nitrogens is 2. The Morgan fingerprint density at radius 3 is 2.80 bits per heavy atom. The van der Waals surface area contributed by atoms with Crippen LogP contribution in [-0.2, 0) is 17.7 Å². The fourth-order valence-electron chi connectivity index (χ4n) is 6.32. The highest BCUT2D eigenvalue weighted by molar-refractivity contribution is 6.08. The van der Waals surface area contributed by atoms with E-state index in [4.69, 9.17) is 4.74 Å². The lowest BCUT2D eigenvalue weighted by Gasteiger charge is -2.26. The van der Waals surface area contributed by atoms with Gasteiger partial charge in [0.2, 0.25) is 0 Å². The van der Waals surface area contributed by atoms with Crippen molar-refractivity contribution in [3.8, 4) is 22.5 Å². The fraction of sp³-hybridized carbons (Fsp3) is 0.312. The van der Waals surface area contributed by atoms with E-state index in [-0.39, 0.29) is 11.5 Å². The molecule has 2 aliphatic rings. The first-order valence-corrected chi connectivity index (χ1v) is 14.2. The summed E-state index contributed by atoms with van der Waals surface area (Å²) in [4.78, 5) is 34.9. The number of ether oxygens (including phenoxy) is 1. The van der Waals surface area contributed by atoms with Gasteiger partial charge in [0.05, 0.1) is 35.7 Å². The summed E-state index contributed by atoms with van der Waals surface area (Å²) in [5, 5.41) is 5.24. The summed E-state index contributed by atoms with van der Waals surface area (Å²) in [5.74, 6) is -0.0842. The Hall–Kier alpha value is -4.14. The smallest absolute Gasteiger partial charge is 0.257 e. The molecule has 2 aliphatic heterocycles. The second-order valence-corrected chi connectivity index (χ2v) is 10.8.